The van der Waals surface area contributed by atoms with Crippen LogP contribution in [0.1, 0.15) is 37.8 Å². The third-order valence-electron chi connectivity index (χ3n) is 3.96. The van der Waals surface area contributed by atoms with Crippen LogP contribution in [0.15, 0.2) is 24.3 Å². The molecule has 3 nitrogen and oxygen atoms in total. The first-order valence-electron chi connectivity index (χ1n) is 6.84. The average molecular weight is 302 g/mol. The van der Waals surface area contributed by atoms with Crippen molar-refractivity contribution >= 4 is 18.4 Å². The second kappa shape index (κ2) is 7.60. The maximum Gasteiger partial charge on any atom is 0.306 e. The minimum Gasteiger partial charge on any atom is -0.481 e. The van der Waals surface area contributed by atoms with E-state index in [0.717, 1.165) is 25.1 Å². The van der Waals surface area contributed by atoms with Gasteiger partial charge in [0.1, 0.15) is 5.82 Å². The fourth-order valence-corrected chi connectivity index (χ4v) is 2.85. The van der Waals surface area contributed by atoms with Gasteiger partial charge in [0, 0.05) is 6.04 Å². The van der Waals surface area contributed by atoms with Crippen molar-refractivity contribution in [2.75, 3.05) is 13.1 Å². The fourth-order valence-electron chi connectivity index (χ4n) is 2.85. The molecule has 2 rings (SSSR count). The van der Waals surface area contributed by atoms with E-state index in [1.165, 1.54) is 12.1 Å². The summed E-state index contributed by atoms with van der Waals surface area (Å²) in [6.45, 7) is 3.71. The molecule has 1 fully saturated rings. The van der Waals surface area contributed by atoms with Crippen LogP contribution in [0.2, 0.25) is 0 Å². The summed E-state index contributed by atoms with van der Waals surface area (Å²) in [5.41, 5.74) is 1.11. The standard InChI is InChI=1S/C15H20FNO2.ClH/c1-2-14(11-3-5-13(16)6-4-11)17-9-7-12(8-10-17)15(18)19;/h3-6,12,14H,2,7-10H2,1H3,(H,18,19);1H. The molecule has 0 aromatic heterocycles. The molecule has 0 amide bonds. The van der Waals surface area contributed by atoms with Gasteiger partial charge in [0.05, 0.1) is 5.92 Å². The largest absolute Gasteiger partial charge is 0.481 e. The molecule has 1 unspecified atom stereocenters. The Kier molecular flexibility index (Phi) is 6.43. The van der Waals surface area contributed by atoms with Crippen LogP contribution in [-0.4, -0.2) is 29.1 Å². The number of hydrogen-bond acceptors (Lipinski definition) is 2. The van der Waals surface area contributed by atoms with Crippen molar-refractivity contribution in [2.45, 2.75) is 32.2 Å². The zero-order valence-corrected chi connectivity index (χ0v) is 12.4. The fraction of sp³-hybridized carbons (Fsp3) is 0.533. The molecule has 0 aliphatic carbocycles. The maximum atomic E-state index is 13.0. The molecule has 1 aliphatic heterocycles. The van der Waals surface area contributed by atoms with Crippen molar-refractivity contribution in [3.05, 3.63) is 35.6 Å². The molecule has 112 valence electrons. The Balaban J connectivity index is 0.00000200. The number of carbonyl (C=O) groups is 1. The lowest BCUT2D eigenvalue weighted by molar-refractivity contribution is -0.143. The van der Waals surface area contributed by atoms with Crippen LogP contribution in [0, 0.1) is 11.7 Å². The average Bonchev–Trinajstić information content (AvgIpc) is 2.42. The van der Waals surface area contributed by atoms with Crippen LogP contribution in [0.3, 0.4) is 0 Å². The van der Waals surface area contributed by atoms with Gasteiger partial charge in [-0.15, -0.1) is 12.4 Å². The quantitative estimate of drug-likeness (QED) is 0.925. The predicted molar refractivity (Wildman–Crippen MR) is 78.6 cm³/mol. The van der Waals surface area contributed by atoms with Gasteiger partial charge < -0.3 is 5.11 Å². The Morgan fingerprint density at radius 3 is 2.35 bits per heavy atom. The third-order valence-corrected chi connectivity index (χ3v) is 3.96. The van der Waals surface area contributed by atoms with Crippen LogP contribution < -0.4 is 0 Å². The number of benzene rings is 1. The van der Waals surface area contributed by atoms with Gasteiger partial charge in [0.25, 0.3) is 0 Å². The van der Waals surface area contributed by atoms with Gasteiger partial charge in [-0.1, -0.05) is 19.1 Å². The number of carboxylic acids is 1. The Labute approximate surface area is 125 Å². The van der Waals surface area contributed by atoms with Gasteiger partial charge >= 0.3 is 5.97 Å². The van der Waals surface area contributed by atoms with Gasteiger partial charge in [-0.3, -0.25) is 9.69 Å². The summed E-state index contributed by atoms with van der Waals surface area (Å²) in [5.74, 6) is -1.11. The zero-order valence-electron chi connectivity index (χ0n) is 11.6. The predicted octanol–water partition coefficient (Wildman–Crippen LogP) is 3.50. The maximum absolute atomic E-state index is 13.0. The summed E-state index contributed by atoms with van der Waals surface area (Å²) in [7, 11) is 0. The summed E-state index contributed by atoms with van der Waals surface area (Å²) in [6.07, 6.45) is 2.35. The number of carboxylic acid groups (broad SMARTS) is 1. The number of halogens is 2. The van der Waals surface area contributed by atoms with E-state index in [-0.39, 0.29) is 30.2 Å². The summed E-state index contributed by atoms with van der Waals surface area (Å²) in [6, 6.07) is 6.89. The second-order valence-electron chi connectivity index (χ2n) is 5.12. The topological polar surface area (TPSA) is 40.5 Å². The van der Waals surface area contributed by atoms with E-state index < -0.39 is 5.97 Å². The number of hydrogen-bond donors (Lipinski definition) is 1. The number of piperidine rings is 1. The van der Waals surface area contributed by atoms with E-state index in [4.69, 9.17) is 5.11 Å². The molecular formula is C15H21ClFNO2. The molecule has 0 radical (unpaired) electrons. The van der Waals surface area contributed by atoms with E-state index in [1.54, 1.807) is 0 Å². The highest BCUT2D eigenvalue weighted by molar-refractivity contribution is 5.85. The minimum atomic E-state index is -0.686. The first-order valence-corrected chi connectivity index (χ1v) is 6.84. The molecule has 5 heteroatoms. The molecule has 1 atom stereocenters. The third kappa shape index (κ3) is 3.93. The van der Waals surface area contributed by atoms with Gasteiger partial charge in [-0.25, -0.2) is 4.39 Å². The highest BCUT2D eigenvalue weighted by Gasteiger charge is 2.28. The summed E-state index contributed by atoms with van der Waals surface area (Å²) >= 11 is 0. The van der Waals surface area contributed by atoms with Crippen molar-refractivity contribution in [3.63, 3.8) is 0 Å². The van der Waals surface area contributed by atoms with Crippen LogP contribution in [0.25, 0.3) is 0 Å². The molecule has 1 aliphatic rings. The van der Waals surface area contributed by atoms with E-state index >= 15 is 0 Å². The van der Waals surface area contributed by atoms with E-state index in [2.05, 4.69) is 11.8 Å². The second-order valence-corrected chi connectivity index (χ2v) is 5.12. The zero-order chi connectivity index (χ0) is 13.8. The lowest BCUT2D eigenvalue weighted by Crippen LogP contribution is -2.38. The Hall–Kier alpha value is -1.13. The first-order chi connectivity index (χ1) is 9.11. The van der Waals surface area contributed by atoms with Crippen molar-refractivity contribution < 1.29 is 14.3 Å². The lowest BCUT2D eigenvalue weighted by Gasteiger charge is -2.36. The SMILES string of the molecule is CCC(c1ccc(F)cc1)N1CCC(C(=O)O)CC1.Cl. The minimum absolute atomic E-state index is 0. The first kappa shape index (κ1) is 16.9. The van der Waals surface area contributed by atoms with Gasteiger partial charge in [-0.2, -0.15) is 0 Å². The van der Waals surface area contributed by atoms with Crippen LogP contribution >= 0.6 is 12.4 Å². The van der Waals surface area contributed by atoms with Crippen molar-refractivity contribution in [2.24, 2.45) is 5.92 Å². The van der Waals surface area contributed by atoms with Crippen molar-refractivity contribution in [1.29, 1.82) is 0 Å². The van der Waals surface area contributed by atoms with Gasteiger partial charge in [0.15, 0.2) is 0 Å². The molecule has 1 heterocycles. The smallest absolute Gasteiger partial charge is 0.306 e. The molecule has 1 aromatic carbocycles. The Bertz CT molecular complexity index is 430. The van der Waals surface area contributed by atoms with Gasteiger partial charge in [0.2, 0.25) is 0 Å². The summed E-state index contributed by atoms with van der Waals surface area (Å²) in [4.78, 5) is 13.3. The van der Waals surface area contributed by atoms with Crippen LogP contribution in [0.4, 0.5) is 4.39 Å². The molecule has 1 saturated heterocycles. The highest BCUT2D eigenvalue weighted by Crippen LogP contribution is 2.29. The number of nitrogens with zero attached hydrogens (tertiary/aromatic N) is 1. The molecule has 0 spiro atoms. The van der Waals surface area contributed by atoms with E-state index in [0.29, 0.717) is 12.8 Å². The molecule has 1 aromatic rings. The Morgan fingerprint density at radius 1 is 1.35 bits per heavy atom. The molecule has 0 bridgehead atoms. The monoisotopic (exact) mass is 301 g/mol. The molecule has 1 N–H and O–H groups in total. The van der Waals surface area contributed by atoms with E-state index in [9.17, 15) is 9.18 Å². The molecule has 20 heavy (non-hydrogen) atoms. The summed E-state index contributed by atoms with van der Waals surface area (Å²) in [5, 5.41) is 9.01. The van der Waals surface area contributed by atoms with Crippen molar-refractivity contribution in [3.8, 4) is 0 Å². The number of aliphatic carboxylic acids is 1. The number of likely N-dealkylation sites (tertiary alicyclic amines) is 1. The molecular weight excluding hydrogens is 281 g/mol. The Morgan fingerprint density at radius 2 is 1.90 bits per heavy atom. The van der Waals surface area contributed by atoms with Crippen molar-refractivity contribution in [1.82, 2.24) is 4.90 Å². The molecule has 0 saturated carbocycles. The summed E-state index contributed by atoms with van der Waals surface area (Å²) < 4.78 is 13.0. The normalized spacial score (nSPS) is 18.3. The van der Waals surface area contributed by atoms with E-state index in [1.807, 2.05) is 12.1 Å². The van der Waals surface area contributed by atoms with Crippen LogP contribution in [0.5, 0.6) is 0 Å². The number of rotatable bonds is 4. The van der Waals surface area contributed by atoms with Crippen LogP contribution in [-0.2, 0) is 4.79 Å². The lowest BCUT2D eigenvalue weighted by atomic mass is 9.93. The van der Waals surface area contributed by atoms with Gasteiger partial charge in [-0.05, 0) is 50.0 Å². The highest BCUT2D eigenvalue weighted by atomic mass is 35.5.